The number of sulfonamides is 1. The van der Waals surface area contributed by atoms with Crippen LogP contribution in [0.1, 0.15) is 24.5 Å². The molecule has 4 rings (SSSR count). The highest BCUT2D eigenvalue weighted by atomic mass is 32.2. The summed E-state index contributed by atoms with van der Waals surface area (Å²) in [4.78, 5) is 29.2. The molecule has 0 fully saturated rings. The third-order valence-electron chi connectivity index (χ3n) is 7.09. The Bertz CT molecular complexity index is 1630. The second-order valence-electron chi connectivity index (χ2n) is 10.1. The van der Waals surface area contributed by atoms with Crippen LogP contribution < -0.4 is 14.4 Å². The Morgan fingerprint density at radius 2 is 1.48 bits per heavy atom. The Kier molecular flexibility index (Phi) is 11.1. The van der Waals surface area contributed by atoms with E-state index in [0.29, 0.717) is 18.7 Å². The van der Waals surface area contributed by atoms with Gasteiger partial charge in [0.2, 0.25) is 11.8 Å². The van der Waals surface area contributed by atoms with Crippen molar-refractivity contribution in [3.8, 4) is 5.75 Å². The van der Waals surface area contributed by atoms with E-state index in [1.54, 1.807) is 48.5 Å². The van der Waals surface area contributed by atoms with Crippen molar-refractivity contribution in [2.24, 2.45) is 0 Å². The molecule has 0 heterocycles. The van der Waals surface area contributed by atoms with Crippen molar-refractivity contribution in [3.05, 3.63) is 126 Å². The minimum atomic E-state index is -4.25. The van der Waals surface area contributed by atoms with E-state index in [4.69, 9.17) is 4.74 Å². The third-order valence-corrected chi connectivity index (χ3v) is 8.88. The first-order chi connectivity index (χ1) is 21.2. The van der Waals surface area contributed by atoms with Crippen LogP contribution in [0.25, 0.3) is 0 Å². The molecule has 0 aliphatic heterocycles. The van der Waals surface area contributed by atoms with Crippen molar-refractivity contribution in [3.63, 3.8) is 0 Å². The number of hydrogen-bond acceptors (Lipinski definition) is 5. The lowest BCUT2D eigenvalue weighted by Crippen LogP contribution is -2.53. The summed E-state index contributed by atoms with van der Waals surface area (Å²) in [6, 6.07) is 28.3. The number of amides is 2. The van der Waals surface area contributed by atoms with Gasteiger partial charge < -0.3 is 15.0 Å². The molecule has 0 spiro atoms. The van der Waals surface area contributed by atoms with Crippen LogP contribution in [0.5, 0.6) is 5.75 Å². The fourth-order valence-corrected chi connectivity index (χ4v) is 6.14. The van der Waals surface area contributed by atoms with Gasteiger partial charge in [0.25, 0.3) is 10.0 Å². The molecule has 1 atom stereocenters. The Morgan fingerprint density at radius 3 is 2.09 bits per heavy atom. The molecule has 0 aromatic heterocycles. The maximum absolute atomic E-state index is 15.0. The Morgan fingerprint density at radius 1 is 0.864 bits per heavy atom. The molecule has 2 amide bonds. The fraction of sp³-hybridized carbons (Fsp3) is 0.235. The number of halogens is 1. The highest BCUT2D eigenvalue weighted by molar-refractivity contribution is 7.92. The summed E-state index contributed by atoms with van der Waals surface area (Å²) in [6.07, 6.45) is 0.820. The van der Waals surface area contributed by atoms with Gasteiger partial charge in [0.1, 0.15) is 24.2 Å². The first kappa shape index (κ1) is 32.2. The van der Waals surface area contributed by atoms with Crippen molar-refractivity contribution < 1.29 is 27.1 Å². The zero-order valence-electron chi connectivity index (χ0n) is 24.7. The molecular weight excluding hydrogens is 581 g/mol. The lowest BCUT2D eigenvalue weighted by molar-refractivity contribution is -0.140. The molecule has 10 heteroatoms. The molecule has 0 unspecified atom stereocenters. The SMILES string of the molecule is CCCNC(=O)[C@@H](Cc1ccccc1)N(Cc1ccccc1F)C(=O)CN(c1ccccc1)S(=O)(=O)c1ccc(OC)cc1. The number of ether oxygens (including phenoxy) is 1. The summed E-state index contributed by atoms with van der Waals surface area (Å²) in [5, 5.41) is 2.87. The molecule has 8 nitrogen and oxygen atoms in total. The molecule has 0 aliphatic rings. The maximum atomic E-state index is 15.0. The van der Waals surface area contributed by atoms with Crippen molar-refractivity contribution in [2.75, 3.05) is 24.5 Å². The van der Waals surface area contributed by atoms with Crippen molar-refractivity contribution in [2.45, 2.75) is 37.2 Å². The molecule has 4 aromatic carbocycles. The first-order valence-corrected chi connectivity index (χ1v) is 15.7. The number of hydrogen-bond donors (Lipinski definition) is 1. The normalized spacial score (nSPS) is 11.8. The standard InChI is InChI=1S/C34H36FN3O5S/c1-3-22-36-34(40)32(23-26-12-6-4-7-13-26)37(24-27-14-10-11-17-31(27)35)33(39)25-38(28-15-8-5-9-16-28)44(41,42)30-20-18-29(43-2)19-21-30/h4-21,32H,3,22-25H2,1-2H3,(H,36,40)/t32-/m1/s1. The van der Waals surface area contributed by atoms with E-state index in [2.05, 4.69) is 5.32 Å². The largest absolute Gasteiger partial charge is 0.497 e. The summed E-state index contributed by atoms with van der Waals surface area (Å²) < 4.78 is 49.2. The number of rotatable bonds is 14. The molecule has 0 radical (unpaired) electrons. The number of para-hydroxylation sites is 1. The van der Waals surface area contributed by atoms with Gasteiger partial charge in [0.15, 0.2) is 0 Å². The van der Waals surface area contributed by atoms with Crippen molar-refractivity contribution >= 4 is 27.5 Å². The van der Waals surface area contributed by atoms with Gasteiger partial charge in [0, 0.05) is 25.1 Å². The molecule has 44 heavy (non-hydrogen) atoms. The topological polar surface area (TPSA) is 96.0 Å². The number of methoxy groups -OCH3 is 1. The minimum absolute atomic E-state index is 0.0443. The summed E-state index contributed by atoms with van der Waals surface area (Å²) in [6.45, 7) is 1.43. The van der Waals surface area contributed by atoms with Crippen LogP contribution >= 0.6 is 0 Å². The van der Waals surface area contributed by atoms with E-state index in [-0.39, 0.29) is 29.1 Å². The maximum Gasteiger partial charge on any atom is 0.264 e. The van der Waals surface area contributed by atoms with Gasteiger partial charge in [-0.1, -0.05) is 73.7 Å². The molecule has 230 valence electrons. The summed E-state index contributed by atoms with van der Waals surface area (Å²) in [5.74, 6) is -1.14. The van der Waals surface area contributed by atoms with Crippen LogP contribution in [0.4, 0.5) is 10.1 Å². The number of carbonyl (C=O) groups is 2. The molecule has 0 saturated heterocycles. The fourth-order valence-electron chi connectivity index (χ4n) is 4.73. The van der Waals surface area contributed by atoms with E-state index >= 15 is 0 Å². The van der Waals surface area contributed by atoms with Gasteiger partial charge in [-0.2, -0.15) is 0 Å². The number of nitrogens with one attached hydrogen (secondary N) is 1. The molecule has 1 N–H and O–H groups in total. The van der Waals surface area contributed by atoms with Crippen molar-refractivity contribution in [1.82, 2.24) is 10.2 Å². The van der Waals surface area contributed by atoms with E-state index in [0.717, 1.165) is 9.87 Å². The van der Waals surface area contributed by atoms with Crippen LogP contribution in [-0.2, 0) is 32.6 Å². The van der Waals surface area contributed by atoms with Gasteiger partial charge in [-0.15, -0.1) is 0 Å². The molecule has 0 aliphatic carbocycles. The predicted molar refractivity (Wildman–Crippen MR) is 168 cm³/mol. The average Bonchev–Trinajstić information content (AvgIpc) is 3.05. The minimum Gasteiger partial charge on any atom is -0.497 e. The summed E-state index contributed by atoms with van der Waals surface area (Å²) >= 11 is 0. The van der Waals surface area contributed by atoms with E-state index in [1.807, 2.05) is 37.3 Å². The predicted octanol–water partition coefficient (Wildman–Crippen LogP) is 5.20. The van der Waals surface area contributed by atoms with Crippen LogP contribution in [-0.4, -0.2) is 51.4 Å². The zero-order valence-corrected chi connectivity index (χ0v) is 25.5. The third kappa shape index (κ3) is 8.02. The molecule has 0 saturated carbocycles. The quantitative estimate of drug-likeness (QED) is 0.210. The van der Waals surface area contributed by atoms with Gasteiger partial charge in [-0.3, -0.25) is 13.9 Å². The van der Waals surface area contributed by atoms with Gasteiger partial charge in [-0.05, 0) is 54.4 Å². The Balaban J connectivity index is 1.78. The molecule has 4 aromatic rings. The summed E-state index contributed by atoms with van der Waals surface area (Å²) in [7, 11) is -2.77. The Hall–Kier alpha value is -4.70. The van der Waals surface area contributed by atoms with Gasteiger partial charge in [0.05, 0.1) is 17.7 Å². The van der Waals surface area contributed by atoms with Crippen LogP contribution in [0.15, 0.2) is 114 Å². The number of carbonyl (C=O) groups excluding carboxylic acids is 2. The molecule has 0 bridgehead atoms. The van der Waals surface area contributed by atoms with Gasteiger partial charge >= 0.3 is 0 Å². The Labute approximate surface area is 258 Å². The van der Waals surface area contributed by atoms with Crippen molar-refractivity contribution in [1.29, 1.82) is 0 Å². The lowest BCUT2D eigenvalue weighted by atomic mass is 10.0. The molecular formula is C34H36FN3O5S. The lowest BCUT2D eigenvalue weighted by Gasteiger charge is -2.34. The number of benzene rings is 4. The monoisotopic (exact) mass is 617 g/mol. The number of anilines is 1. The van der Waals surface area contributed by atoms with E-state index < -0.39 is 40.2 Å². The highest BCUT2D eigenvalue weighted by Gasteiger charge is 2.34. The van der Waals surface area contributed by atoms with E-state index in [1.165, 1.54) is 42.3 Å². The average molecular weight is 618 g/mol. The highest BCUT2D eigenvalue weighted by Crippen LogP contribution is 2.26. The second kappa shape index (κ2) is 15.2. The number of nitrogens with zero attached hydrogens (tertiary/aromatic N) is 2. The smallest absolute Gasteiger partial charge is 0.264 e. The van der Waals surface area contributed by atoms with Gasteiger partial charge in [-0.25, -0.2) is 12.8 Å². The second-order valence-corrected chi connectivity index (χ2v) is 12.0. The van der Waals surface area contributed by atoms with E-state index in [9.17, 15) is 22.4 Å². The zero-order chi connectivity index (χ0) is 31.5. The summed E-state index contributed by atoms with van der Waals surface area (Å²) in [5.41, 5.74) is 1.25. The first-order valence-electron chi connectivity index (χ1n) is 14.3. The van der Waals surface area contributed by atoms with Crippen LogP contribution in [0.2, 0.25) is 0 Å². The van der Waals surface area contributed by atoms with Crippen LogP contribution in [0.3, 0.4) is 0 Å². The van der Waals surface area contributed by atoms with Crippen LogP contribution in [0, 0.1) is 5.82 Å².